The van der Waals surface area contributed by atoms with Crippen LogP contribution in [0.15, 0.2) is 35.7 Å². The van der Waals surface area contributed by atoms with Crippen LogP contribution in [0.2, 0.25) is 10.0 Å². The molecule has 2 saturated heterocycles. The maximum Gasteiger partial charge on any atom is 0.239 e. The van der Waals surface area contributed by atoms with Gasteiger partial charge in [0, 0.05) is 23.7 Å². The van der Waals surface area contributed by atoms with Crippen LogP contribution in [0.25, 0.3) is 0 Å². The van der Waals surface area contributed by atoms with E-state index in [1.165, 1.54) is 4.88 Å². The fourth-order valence-electron chi connectivity index (χ4n) is 3.83. The van der Waals surface area contributed by atoms with Gasteiger partial charge < -0.3 is 9.80 Å². The Hall–Kier alpha value is -1.56. The third-order valence-corrected chi connectivity index (χ3v) is 6.84. The van der Waals surface area contributed by atoms with E-state index < -0.39 is 5.92 Å². The number of likely N-dealkylation sites (tertiary alicyclic amines) is 1. The van der Waals surface area contributed by atoms with E-state index in [0.717, 1.165) is 19.4 Å². The number of hydrogen-bond acceptors (Lipinski definition) is 3. The van der Waals surface area contributed by atoms with E-state index in [-0.39, 0.29) is 17.9 Å². The van der Waals surface area contributed by atoms with Gasteiger partial charge in [-0.05, 0) is 48.9 Å². The minimum atomic E-state index is -0.606. The van der Waals surface area contributed by atoms with Gasteiger partial charge in [-0.15, -0.1) is 11.3 Å². The molecule has 7 heteroatoms. The standard InChI is InChI=1S/C19H18Cl2N2O2S/c20-14-6-5-12(11-15(14)21)22-9-7-13(18(22)24)19(25)23-8-1-3-16(23)17-4-2-10-26-17/h2,4-6,10-11,13,16H,1,3,7-9H2/t13-,16-/m0/s1. The summed E-state index contributed by atoms with van der Waals surface area (Å²) in [5.41, 5.74) is 0.691. The molecule has 0 radical (unpaired) electrons. The van der Waals surface area contributed by atoms with E-state index in [1.807, 2.05) is 16.3 Å². The van der Waals surface area contributed by atoms with E-state index in [1.54, 1.807) is 34.4 Å². The zero-order valence-electron chi connectivity index (χ0n) is 14.0. The lowest BCUT2D eigenvalue weighted by atomic mass is 10.1. The molecule has 4 rings (SSSR count). The highest BCUT2D eigenvalue weighted by atomic mass is 35.5. The average Bonchev–Trinajstić information content (AvgIpc) is 3.36. The van der Waals surface area contributed by atoms with Crippen LogP contribution in [-0.2, 0) is 9.59 Å². The van der Waals surface area contributed by atoms with Gasteiger partial charge in [-0.3, -0.25) is 9.59 Å². The van der Waals surface area contributed by atoms with Crippen molar-refractivity contribution in [1.82, 2.24) is 4.90 Å². The summed E-state index contributed by atoms with van der Waals surface area (Å²) < 4.78 is 0. The number of thiophene rings is 1. The van der Waals surface area contributed by atoms with Crippen LogP contribution in [0, 0.1) is 5.92 Å². The molecular formula is C19H18Cl2N2O2S. The molecule has 2 fully saturated rings. The summed E-state index contributed by atoms with van der Waals surface area (Å²) in [5, 5.41) is 2.89. The number of carbonyl (C=O) groups is 2. The Morgan fingerprint density at radius 1 is 1.12 bits per heavy atom. The molecule has 2 amide bonds. The Bertz CT molecular complexity index is 840. The van der Waals surface area contributed by atoms with Crippen molar-refractivity contribution >= 4 is 52.0 Å². The van der Waals surface area contributed by atoms with Crippen LogP contribution in [0.4, 0.5) is 5.69 Å². The zero-order chi connectivity index (χ0) is 18.3. The normalized spacial score (nSPS) is 23.1. The smallest absolute Gasteiger partial charge is 0.239 e. The highest BCUT2D eigenvalue weighted by molar-refractivity contribution is 7.10. The lowest BCUT2D eigenvalue weighted by Crippen LogP contribution is -2.39. The molecule has 2 atom stereocenters. The second-order valence-electron chi connectivity index (χ2n) is 6.63. The molecule has 136 valence electrons. The number of anilines is 1. The quantitative estimate of drug-likeness (QED) is 0.686. The Labute approximate surface area is 166 Å². The number of hydrogen-bond donors (Lipinski definition) is 0. The molecule has 0 aliphatic carbocycles. The maximum atomic E-state index is 13.1. The van der Waals surface area contributed by atoms with Gasteiger partial charge in [-0.1, -0.05) is 29.3 Å². The third-order valence-electron chi connectivity index (χ3n) is 5.13. The molecule has 2 aliphatic rings. The Kier molecular flexibility index (Phi) is 4.95. The number of benzene rings is 1. The van der Waals surface area contributed by atoms with E-state index in [0.29, 0.717) is 28.7 Å². The summed E-state index contributed by atoms with van der Waals surface area (Å²) in [4.78, 5) is 30.7. The van der Waals surface area contributed by atoms with E-state index >= 15 is 0 Å². The second-order valence-corrected chi connectivity index (χ2v) is 8.43. The first-order valence-electron chi connectivity index (χ1n) is 8.66. The van der Waals surface area contributed by atoms with Gasteiger partial charge in [0.1, 0.15) is 5.92 Å². The third kappa shape index (κ3) is 3.13. The number of halogens is 2. The maximum absolute atomic E-state index is 13.1. The van der Waals surface area contributed by atoms with Crippen molar-refractivity contribution in [3.63, 3.8) is 0 Å². The molecule has 4 nitrogen and oxygen atoms in total. The molecule has 2 aromatic rings. The number of amides is 2. The Morgan fingerprint density at radius 2 is 1.96 bits per heavy atom. The van der Waals surface area contributed by atoms with Crippen LogP contribution in [0.5, 0.6) is 0 Å². The molecule has 0 unspecified atom stereocenters. The van der Waals surface area contributed by atoms with Gasteiger partial charge in [-0.2, -0.15) is 0 Å². The second kappa shape index (κ2) is 7.22. The van der Waals surface area contributed by atoms with Crippen LogP contribution >= 0.6 is 34.5 Å². The predicted molar refractivity (Wildman–Crippen MR) is 105 cm³/mol. The first-order chi connectivity index (χ1) is 12.6. The Balaban J connectivity index is 1.52. The van der Waals surface area contributed by atoms with Gasteiger partial charge in [0.2, 0.25) is 11.8 Å². The molecule has 0 N–H and O–H groups in total. The summed E-state index contributed by atoms with van der Waals surface area (Å²) in [5.74, 6) is -0.802. The predicted octanol–water partition coefficient (Wildman–Crippen LogP) is 4.77. The van der Waals surface area contributed by atoms with Crippen molar-refractivity contribution < 1.29 is 9.59 Å². The fourth-order valence-corrected chi connectivity index (χ4v) is 4.99. The summed E-state index contributed by atoms with van der Waals surface area (Å²) in [7, 11) is 0. The SMILES string of the molecule is O=C1[C@@H](C(=O)N2CCC[C@H]2c2cccs2)CCN1c1ccc(Cl)c(Cl)c1. The molecule has 0 saturated carbocycles. The molecule has 0 bridgehead atoms. The van der Waals surface area contributed by atoms with E-state index in [2.05, 4.69) is 6.07 Å². The zero-order valence-corrected chi connectivity index (χ0v) is 16.4. The Morgan fingerprint density at radius 3 is 2.69 bits per heavy atom. The molecule has 2 aliphatic heterocycles. The first-order valence-corrected chi connectivity index (χ1v) is 10.3. The highest BCUT2D eigenvalue weighted by Gasteiger charge is 2.42. The average molecular weight is 409 g/mol. The topological polar surface area (TPSA) is 40.6 Å². The van der Waals surface area contributed by atoms with Crippen molar-refractivity contribution in [2.45, 2.75) is 25.3 Å². The van der Waals surface area contributed by atoms with Crippen LogP contribution in [0.3, 0.4) is 0 Å². The van der Waals surface area contributed by atoms with Crippen molar-refractivity contribution in [3.05, 3.63) is 50.6 Å². The van der Waals surface area contributed by atoms with Gasteiger partial charge >= 0.3 is 0 Å². The highest BCUT2D eigenvalue weighted by Crippen LogP contribution is 2.37. The molecule has 1 aromatic carbocycles. The van der Waals surface area contributed by atoms with Crippen molar-refractivity contribution in [3.8, 4) is 0 Å². The van der Waals surface area contributed by atoms with Crippen LogP contribution < -0.4 is 4.90 Å². The van der Waals surface area contributed by atoms with Gasteiger partial charge in [-0.25, -0.2) is 0 Å². The number of nitrogens with zero attached hydrogens (tertiary/aromatic N) is 2. The fraction of sp³-hybridized carbons (Fsp3) is 0.368. The number of carbonyl (C=O) groups excluding carboxylic acids is 2. The lowest BCUT2D eigenvalue weighted by molar-refractivity contribution is -0.140. The van der Waals surface area contributed by atoms with Crippen molar-refractivity contribution in [1.29, 1.82) is 0 Å². The first kappa shape index (κ1) is 17.8. The summed E-state index contributed by atoms with van der Waals surface area (Å²) in [6.45, 7) is 1.24. The van der Waals surface area contributed by atoms with Gasteiger partial charge in [0.15, 0.2) is 0 Å². The van der Waals surface area contributed by atoms with Crippen molar-refractivity contribution in [2.24, 2.45) is 5.92 Å². The van der Waals surface area contributed by atoms with Gasteiger partial charge in [0.05, 0.1) is 16.1 Å². The van der Waals surface area contributed by atoms with E-state index in [4.69, 9.17) is 23.2 Å². The minimum Gasteiger partial charge on any atom is -0.334 e. The molecular weight excluding hydrogens is 391 g/mol. The van der Waals surface area contributed by atoms with Crippen LogP contribution in [-0.4, -0.2) is 29.8 Å². The summed E-state index contributed by atoms with van der Waals surface area (Å²) in [6, 6.07) is 9.30. The molecule has 0 spiro atoms. The lowest BCUT2D eigenvalue weighted by Gasteiger charge is -2.26. The molecule has 1 aromatic heterocycles. The van der Waals surface area contributed by atoms with Gasteiger partial charge in [0.25, 0.3) is 0 Å². The minimum absolute atomic E-state index is 0.0477. The van der Waals surface area contributed by atoms with E-state index in [9.17, 15) is 9.59 Å². The molecule has 26 heavy (non-hydrogen) atoms. The van der Waals surface area contributed by atoms with Crippen LogP contribution in [0.1, 0.15) is 30.2 Å². The molecule has 3 heterocycles. The van der Waals surface area contributed by atoms with Crippen molar-refractivity contribution in [2.75, 3.05) is 18.0 Å². The monoisotopic (exact) mass is 408 g/mol. The largest absolute Gasteiger partial charge is 0.334 e. The summed E-state index contributed by atoms with van der Waals surface area (Å²) in [6.07, 6.45) is 2.47. The number of rotatable bonds is 3. The summed E-state index contributed by atoms with van der Waals surface area (Å²) >= 11 is 13.7.